The predicted molar refractivity (Wildman–Crippen MR) is 251 cm³/mol. The smallest absolute Gasteiger partial charge is 0.164 e. The number of pyridine rings is 1. The number of hydrogen-bond donors (Lipinski definition) is 0. The molecule has 0 saturated heterocycles. The number of fused-ring (bicyclic) bond motifs is 6. The lowest BCUT2D eigenvalue weighted by molar-refractivity contribution is 0.669. The Hall–Kier alpha value is -8.48. The average Bonchev–Trinajstić information content (AvgIpc) is 3.94. The second-order valence-corrected chi connectivity index (χ2v) is 15.5. The molecule has 6 nitrogen and oxygen atoms in total. The molecule has 0 N–H and O–H groups in total. The van der Waals surface area contributed by atoms with Crippen molar-refractivity contribution < 1.29 is 4.42 Å². The zero-order valence-corrected chi connectivity index (χ0v) is 33.4. The Kier molecular flexibility index (Phi) is 8.38. The van der Waals surface area contributed by atoms with Crippen LogP contribution in [0.4, 0.5) is 0 Å². The fourth-order valence-electron chi connectivity index (χ4n) is 8.68. The second-order valence-electron chi connectivity index (χ2n) is 15.5. The lowest BCUT2D eigenvalue weighted by atomic mass is 9.96. The van der Waals surface area contributed by atoms with Gasteiger partial charge in [0.2, 0.25) is 0 Å². The van der Waals surface area contributed by atoms with Crippen molar-refractivity contribution in [3.63, 3.8) is 0 Å². The molecule has 4 heterocycles. The lowest BCUT2D eigenvalue weighted by Crippen LogP contribution is -2.00. The topological polar surface area (TPSA) is 69.1 Å². The molecule has 0 radical (unpaired) electrons. The molecule has 62 heavy (non-hydrogen) atoms. The second kappa shape index (κ2) is 14.7. The Morgan fingerprint density at radius 3 is 1.58 bits per heavy atom. The number of nitrogens with zero attached hydrogens (tertiary/aromatic N) is 5. The summed E-state index contributed by atoms with van der Waals surface area (Å²) in [5.41, 5.74) is 13.7. The van der Waals surface area contributed by atoms with E-state index in [1.54, 1.807) is 0 Å². The minimum Gasteiger partial charge on any atom is -0.456 e. The van der Waals surface area contributed by atoms with Crippen molar-refractivity contribution in [1.29, 1.82) is 0 Å². The maximum Gasteiger partial charge on any atom is 0.164 e. The first-order chi connectivity index (χ1) is 30.7. The number of furan rings is 1. The van der Waals surface area contributed by atoms with E-state index in [1.807, 2.05) is 54.6 Å². The molecule has 0 aliphatic carbocycles. The van der Waals surface area contributed by atoms with Gasteiger partial charge < -0.3 is 4.42 Å². The first kappa shape index (κ1) is 35.5. The molecule has 4 aromatic heterocycles. The van der Waals surface area contributed by atoms with E-state index in [9.17, 15) is 0 Å². The van der Waals surface area contributed by atoms with Gasteiger partial charge in [0.15, 0.2) is 17.5 Å². The van der Waals surface area contributed by atoms with E-state index < -0.39 is 0 Å². The molecule has 0 saturated carbocycles. The van der Waals surface area contributed by atoms with Crippen LogP contribution in [0.3, 0.4) is 0 Å². The largest absolute Gasteiger partial charge is 0.456 e. The zero-order chi connectivity index (χ0) is 41.0. The molecule has 0 aliphatic heterocycles. The monoisotopic (exact) mass is 793 g/mol. The molecule has 0 amide bonds. The maximum absolute atomic E-state index is 6.14. The lowest BCUT2D eigenvalue weighted by Gasteiger charge is -2.11. The molecule has 290 valence electrons. The molecular formula is C56H35N5O. The summed E-state index contributed by atoms with van der Waals surface area (Å²) >= 11 is 0. The summed E-state index contributed by atoms with van der Waals surface area (Å²) in [7, 11) is 0. The third-order valence-electron chi connectivity index (χ3n) is 11.6. The number of rotatable bonds is 7. The van der Waals surface area contributed by atoms with E-state index in [4.69, 9.17) is 24.5 Å². The van der Waals surface area contributed by atoms with E-state index in [0.717, 1.165) is 99.7 Å². The molecule has 0 unspecified atom stereocenters. The zero-order valence-electron chi connectivity index (χ0n) is 33.4. The van der Waals surface area contributed by atoms with Crippen molar-refractivity contribution in [3.8, 4) is 78.9 Å². The Morgan fingerprint density at radius 2 is 0.855 bits per heavy atom. The summed E-state index contributed by atoms with van der Waals surface area (Å²) in [5, 5.41) is 9.95. The van der Waals surface area contributed by atoms with Crippen LogP contribution in [0.5, 0.6) is 0 Å². The minimum atomic E-state index is 0.577. The van der Waals surface area contributed by atoms with Crippen molar-refractivity contribution in [2.45, 2.75) is 0 Å². The molecule has 0 aliphatic rings. The first-order valence-corrected chi connectivity index (χ1v) is 20.7. The van der Waals surface area contributed by atoms with Gasteiger partial charge in [0.25, 0.3) is 0 Å². The predicted octanol–water partition coefficient (Wildman–Crippen LogP) is 14.2. The summed E-state index contributed by atoms with van der Waals surface area (Å²) in [4.78, 5) is 15.4. The van der Waals surface area contributed by atoms with Crippen LogP contribution in [0.1, 0.15) is 0 Å². The van der Waals surface area contributed by atoms with Crippen LogP contribution in [0.25, 0.3) is 117 Å². The van der Waals surface area contributed by atoms with Crippen LogP contribution in [-0.4, -0.2) is 24.6 Å². The van der Waals surface area contributed by atoms with Crippen molar-refractivity contribution >= 4 is 38.2 Å². The first-order valence-electron chi connectivity index (χ1n) is 20.7. The van der Waals surface area contributed by atoms with Gasteiger partial charge >= 0.3 is 0 Å². The molecule has 0 spiro atoms. The van der Waals surface area contributed by atoms with E-state index in [1.165, 1.54) is 0 Å². The number of aromatic nitrogens is 5. The standard InChI is InChI=1S/C56H35N5O/c1-4-16-36(17-5-1)48-35-41-22-10-11-27-45(41)53-51(37-18-6-2-7-19-37)52(60-61(48)53)42-24-15-26-44(33-42)56-58-54(38-20-8-3-9-21-38)57-55(59-56)43-25-14-23-39(32-43)40-30-31-50-47(34-40)46-28-12-13-29-49(46)62-50/h1-35H. The van der Waals surface area contributed by atoms with E-state index in [2.05, 4.69) is 162 Å². The Balaban J connectivity index is 1.03. The van der Waals surface area contributed by atoms with Gasteiger partial charge in [-0.2, -0.15) is 5.10 Å². The van der Waals surface area contributed by atoms with E-state index in [0.29, 0.717) is 17.5 Å². The van der Waals surface area contributed by atoms with Gasteiger partial charge in [-0.15, -0.1) is 0 Å². The molecule has 0 fully saturated rings. The molecule has 0 bridgehead atoms. The third-order valence-corrected chi connectivity index (χ3v) is 11.6. The van der Waals surface area contributed by atoms with Crippen LogP contribution in [0.15, 0.2) is 217 Å². The molecular weight excluding hydrogens is 759 g/mol. The van der Waals surface area contributed by atoms with Gasteiger partial charge in [-0.25, -0.2) is 19.5 Å². The Morgan fingerprint density at radius 1 is 0.339 bits per heavy atom. The Labute approximate surface area is 357 Å². The van der Waals surface area contributed by atoms with Crippen molar-refractivity contribution in [2.75, 3.05) is 0 Å². The van der Waals surface area contributed by atoms with Crippen LogP contribution in [-0.2, 0) is 0 Å². The van der Waals surface area contributed by atoms with Gasteiger partial charge in [0.05, 0.1) is 11.2 Å². The maximum atomic E-state index is 6.14. The highest BCUT2D eigenvalue weighted by atomic mass is 16.3. The SMILES string of the molecule is c1ccc(-c2nc(-c3cccc(-c4ccc5oc6ccccc6c5c4)c3)nc(-c3cccc(-c4nn5c(-c6ccccc6)cc6ccccc6c5c4-c4ccccc4)c3)n2)cc1. The van der Waals surface area contributed by atoms with Gasteiger partial charge in [-0.3, -0.25) is 0 Å². The fraction of sp³-hybridized carbons (Fsp3) is 0. The highest BCUT2D eigenvalue weighted by Gasteiger charge is 2.22. The van der Waals surface area contributed by atoms with Gasteiger partial charge in [-0.05, 0) is 58.5 Å². The van der Waals surface area contributed by atoms with Gasteiger partial charge in [-0.1, -0.05) is 176 Å². The quantitative estimate of drug-likeness (QED) is 0.161. The molecule has 12 rings (SSSR count). The van der Waals surface area contributed by atoms with Crippen molar-refractivity contribution in [3.05, 3.63) is 212 Å². The van der Waals surface area contributed by atoms with Gasteiger partial charge in [0, 0.05) is 49.5 Å². The molecule has 12 aromatic rings. The van der Waals surface area contributed by atoms with Crippen LogP contribution in [0.2, 0.25) is 0 Å². The van der Waals surface area contributed by atoms with Gasteiger partial charge in [0.1, 0.15) is 16.9 Å². The minimum absolute atomic E-state index is 0.577. The highest BCUT2D eigenvalue weighted by molar-refractivity contribution is 6.09. The number of para-hydroxylation sites is 1. The number of benzene rings is 8. The van der Waals surface area contributed by atoms with E-state index >= 15 is 0 Å². The summed E-state index contributed by atoms with van der Waals surface area (Å²) in [6, 6.07) is 73.4. The Bertz CT molecular complexity index is 3630. The van der Waals surface area contributed by atoms with E-state index in [-0.39, 0.29) is 0 Å². The van der Waals surface area contributed by atoms with Crippen LogP contribution in [0, 0.1) is 0 Å². The highest BCUT2D eigenvalue weighted by Crippen LogP contribution is 2.42. The summed E-state index contributed by atoms with van der Waals surface area (Å²) in [5.74, 6) is 1.77. The molecule has 6 heteroatoms. The fourth-order valence-corrected chi connectivity index (χ4v) is 8.68. The van der Waals surface area contributed by atoms with Crippen molar-refractivity contribution in [1.82, 2.24) is 24.6 Å². The van der Waals surface area contributed by atoms with Crippen molar-refractivity contribution in [2.24, 2.45) is 0 Å². The third kappa shape index (κ3) is 6.13. The summed E-state index contributed by atoms with van der Waals surface area (Å²) in [6.45, 7) is 0. The average molecular weight is 794 g/mol. The molecule has 0 atom stereocenters. The number of hydrogen-bond acceptors (Lipinski definition) is 5. The van der Waals surface area contributed by atoms with Crippen LogP contribution < -0.4 is 0 Å². The van der Waals surface area contributed by atoms with Crippen LogP contribution >= 0.6 is 0 Å². The normalized spacial score (nSPS) is 11.5. The summed E-state index contributed by atoms with van der Waals surface area (Å²) < 4.78 is 8.26. The molecule has 8 aromatic carbocycles. The summed E-state index contributed by atoms with van der Waals surface area (Å²) in [6.07, 6.45) is 0.